The van der Waals surface area contributed by atoms with Crippen LogP contribution in [0, 0.1) is 6.92 Å². The van der Waals surface area contributed by atoms with Crippen LogP contribution in [0.25, 0.3) is 0 Å². The van der Waals surface area contributed by atoms with E-state index in [9.17, 15) is 8.42 Å². The van der Waals surface area contributed by atoms with Crippen LogP contribution < -0.4 is 15.2 Å². The average molecular weight is 327 g/mol. The molecule has 1 aromatic carbocycles. The predicted octanol–water partition coefficient (Wildman–Crippen LogP) is 1.56. The van der Waals surface area contributed by atoms with Crippen molar-refractivity contribution in [3.63, 3.8) is 0 Å². The molecule has 0 aliphatic rings. The summed E-state index contributed by atoms with van der Waals surface area (Å²) in [6.45, 7) is 2.18. The van der Waals surface area contributed by atoms with E-state index < -0.39 is 10.0 Å². The van der Waals surface area contributed by atoms with Crippen LogP contribution in [0.15, 0.2) is 28.5 Å². The van der Waals surface area contributed by atoms with Gasteiger partial charge in [-0.15, -0.1) is 11.3 Å². The van der Waals surface area contributed by atoms with Crippen LogP contribution in [0.5, 0.6) is 5.75 Å². The summed E-state index contributed by atoms with van der Waals surface area (Å²) in [4.78, 5) is 4.34. The summed E-state index contributed by atoms with van der Waals surface area (Å²) in [6.07, 6.45) is 0.549. The molecule has 0 radical (unpaired) electrons. The van der Waals surface area contributed by atoms with Crippen LogP contribution in [0.3, 0.4) is 0 Å². The maximum absolute atomic E-state index is 12.2. The molecule has 1 aromatic heterocycles. The molecule has 0 fully saturated rings. The Kier molecular flexibility index (Phi) is 4.81. The van der Waals surface area contributed by atoms with Gasteiger partial charge in [-0.1, -0.05) is 0 Å². The zero-order valence-electron chi connectivity index (χ0n) is 11.8. The molecule has 114 valence electrons. The fourth-order valence-electron chi connectivity index (χ4n) is 1.79. The normalized spacial score (nSPS) is 11.5. The summed E-state index contributed by atoms with van der Waals surface area (Å²) in [6, 6.07) is 4.48. The van der Waals surface area contributed by atoms with Crippen LogP contribution in [0.1, 0.15) is 10.7 Å². The molecule has 0 saturated carbocycles. The van der Waals surface area contributed by atoms with Gasteiger partial charge in [-0.2, -0.15) is 0 Å². The molecule has 3 N–H and O–H groups in total. The number of hydrogen-bond donors (Lipinski definition) is 2. The van der Waals surface area contributed by atoms with Gasteiger partial charge >= 0.3 is 0 Å². The smallest absolute Gasteiger partial charge is 0.242 e. The molecule has 2 aromatic rings. The second kappa shape index (κ2) is 6.42. The fourth-order valence-corrected chi connectivity index (χ4v) is 3.70. The first kappa shape index (κ1) is 15.7. The van der Waals surface area contributed by atoms with Crippen molar-refractivity contribution in [1.29, 1.82) is 0 Å². The number of ether oxygens (including phenoxy) is 1. The molecular formula is C13H17N3O3S2. The summed E-state index contributed by atoms with van der Waals surface area (Å²) in [5, 5.41) is 2.84. The van der Waals surface area contributed by atoms with Crippen molar-refractivity contribution in [2.75, 3.05) is 19.4 Å². The Labute approximate surface area is 128 Å². The number of anilines is 1. The van der Waals surface area contributed by atoms with Crippen molar-refractivity contribution in [2.45, 2.75) is 18.2 Å². The molecule has 2 rings (SSSR count). The molecule has 0 atom stereocenters. The number of hydrogen-bond acceptors (Lipinski definition) is 6. The first-order chi connectivity index (χ1) is 9.92. The van der Waals surface area contributed by atoms with Crippen molar-refractivity contribution in [3.8, 4) is 5.75 Å². The number of thiazole rings is 1. The van der Waals surface area contributed by atoms with Gasteiger partial charge in [0.1, 0.15) is 10.6 Å². The molecule has 0 aliphatic heterocycles. The van der Waals surface area contributed by atoms with Crippen molar-refractivity contribution < 1.29 is 13.2 Å². The van der Waals surface area contributed by atoms with E-state index >= 15 is 0 Å². The summed E-state index contributed by atoms with van der Waals surface area (Å²) in [7, 11) is -2.14. The van der Waals surface area contributed by atoms with Crippen molar-refractivity contribution in [3.05, 3.63) is 34.3 Å². The highest BCUT2D eigenvalue weighted by atomic mass is 32.2. The van der Waals surface area contributed by atoms with Gasteiger partial charge in [-0.3, -0.25) is 0 Å². The van der Waals surface area contributed by atoms with Crippen LogP contribution in [-0.4, -0.2) is 27.1 Å². The van der Waals surface area contributed by atoms with E-state index in [-0.39, 0.29) is 17.1 Å². The van der Waals surface area contributed by atoms with Gasteiger partial charge in [0.05, 0.1) is 17.8 Å². The standard InChI is InChI=1S/C13H17N3O3S2/c1-9-8-20-13(16-9)5-6-15-21(17,18)12-4-3-10(19-2)7-11(12)14/h3-4,7-8,15H,5-6,14H2,1-2H3. The zero-order chi connectivity index (χ0) is 15.5. The summed E-state index contributed by atoms with van der Waals surface area (Å²) >= 11 is 1.52. The van der Waals surface area contributed by atoms with E-state index in [0.717, 1.165) is 10.7 Å². The molecule has 0 aliphatic carbocycles. The predicted molar refractivity (Wildman–Crippen MR) is 83.1 cm³/mol. The lowest BCUT2D eigenvalue weighted by Gasteiger charge is -2.09. The number of nitrogens with one attached hydrogen (secondary N) is 1. The molecule has 0 unspecified atom stereocenters. The third-order valence-corrected chi connectivity index (χ3v) is 5.37. The maximum Gasteiger partial charge on any atom is 0.242 e. The van der Waals surface area contributed by atoms with E-state index in [1.165, 1.54) is 30.6 Å². The molecular weight excluding hydrogens is 310 g/mol. The number of sulfonamides is 1. The molecule has 0 spiro atoms. The minimum absolute atomic E-state index is 0.0543. The Balaban J connectivity index is 2.04. The minimum Gasteiger partial charge on any atom is -0.497 e. The topological polar surface area (TPSA) is 94.3 Å². The molecule has 0 saturated heterocycles. The molecule has 0 bridgehead atoms. The first-order valence-electron chi connectivity index (χ1n) is 6.26. The van der Waals surface area contributed by atoms with Crippen molar-refractivity contribution >= 4 is 27.0 Å². The Bertz CT molecular complexity index is 726. The highest BCUT2D eigenvalue weighted by molar-refractivity contribution is 7.89. The highest BCUT2D eigenvalue weighted by Crippen LogP contribution is 2.23. The summed E-state index contributed by atoms with van der Waals surface area (Å²) < 4.78 is 31.9. The number of nitrogens with zero attached hydrogens (tertiary/aromatic N) is 1. The van der Waals surface area contributed by atoms with Gasteiger partial charge in [0, 0.05) is 30.1 Å². The Hall–Kier alpha value is -1.64. The zero-order valence-corrected chi connectivity index (χ0v) is 13.4. The van der Waals surface area contributed by atoms with Gasteiger partial charge in [0.2, 0.25) is 10.0 Å². The highest BCUT2D eigenvalue weighted by Gasteiger charge is 2.17. The number of methoxy groups -OCH3 is 1. The van der Waals surface area contributed by atoms with E-state index in [1.54, 1.807) is 6.07 Å². The largest absolute Gasteiger partial charge is 0.497 e. The Morgan fingerprint density at radius 1 is 1.43 bits per heavy atom. The number of rotatable bonds is 6. The molecule has 21 heavy (non-hydrogen) atoms. The van der Waals surface area contributed by atoms with E-state index in [0.29, 0.717) is 12.2 Å². The molecule has 8 heteroatoms. The number of nitrogens with two attached hydrogens (primary N) is 1. The number of aromatic nitrogens is 1. The van der Waals surface area contributed by atoms with Crippen LogP contribution in [0.2, 0.25) is 0 Å². The van der Waals surface area contributed by atoms with Gasteiger partial charge in [0.25, 0.3) is 0 Å². The first-order valence-corrected chi connectivity index (χ1v) is 8.63. The second-order valence-corrected chi connectivity index (χ2v) is 7.11. The van der Waals surface area contributed by atoms with E-state index in [1.807, 2.05) is 12.3 Å². The van der Waals surface area contributed by atoms with Crippen LogP contribution >= 0.6 is 11.3 Å². The quantitative estimate of drug-likeness (QED) is 0.785. The van der Waals surface area contributed by atoms with Gasteiger partial charge in [-0.25, -0.2) is 18.1 Å². The lowest BCUT2D eigenvalue weighted by Crippen LogP contribution is -2.26. The number of aryl methyl sites for hydroxylation is 1. The van der Waals surface area contributed by atoms with Crippen molar-refractivity contribution in [2.24, 2.45) is 0 Å². The summed E-state index contributed by atoms with van der Waals surface area (Å²) in [5.74, 6) is 0.518. The third-order valence-electron chi connectivity index (χ3n) is 2.80. The minimum atomic E-state index is -3.63. The summed E-state index contributed by atoms with van der Waals surface area (Å²) in [5.41, 5.74) is 6.86. The van der Waals surface area contributed by atoms with E-state index in [4.69, 9.17) is 10.5 Å². The van der Waals surface area contributed by atoms with Gasteiger partial charge in [-0.05, 0) is 19.1 Å². The number of benzene rings is 1. The maximum atomic E-state index is 12.2. The SMILES string of the molecule is COc1ccc(S(=O)(=O)NCCc2nc(C)cs2)c(N)c1. The number of nitrogen functional groups attached to an aromatic ring is 1. The lowest BCUT2D eigenvalue weighted by atomic mass is 10.3. The molecule has 0 amide bonds. The fraction of sp³-hybridized carbons (Fsp3) is 0.308. The molecule has 6 nitrogen and oxygen atoms in total. The van der Waals surface area contributed by atoms with Crippen LogP contribution in [0.4, 0.5) is 5.69 Å². The second-order valence-electron chi connectivity index (χ2n) is 4.43. The van der Waals surface area contributed by atoms with E-state index in [2.05, 4.69) is 9.71 Å². The molecule has 1 heterocycles. The Morgan fingerprint density at radius 3 is 2.76 bits per heavy atom. The Morgan fingerprint density at radius 2 is 2.19 bits per heavy atom. The van der Waals surface area contributed by atoms with Gasteiger partial charge < -0.3 is 10.5 Å². The monoisotopic (exact) mass is 327 g/mol. The third kappa shape index (κ3) is 3.93. The van der Waals surface area contributed by atoms with Crippen LogP contribution in [-0.2, 0) is 16.4 Å². The average Bonchev–Trinajstić information content (AvgIpc) is 2.83. The van der Waals surface area contributed by atoms with Crippen molar-refractivity contribution in [1.82, 2.24) is 9.71 Å². The van der Waals surface area contributed by atoms with Gasteiger partial charge in [0.15, 0.2) is 0 Å². The lowest BCUT2D eigenvalue weighted by molar-refractivity contribution is 0.414.